The molecule has 0 N–H and O–H groups in total. The lowest BCUT2D eigenvalue weighted by Crippen LogP contribution is -2.19. The number of pyridine rings is 1. The second-order valence-electron chi connectivity index (χ2n) is 4.33. The Morgan fingerprint density at radius 1 is 1.13 bits per heavy atom. The first kappa shape index (κ1) is 16.6. The van der Waals surface area contributed by atoms with E-state index in [-0.39, 0.29) is 17.2 Å². The maximum absolute atomic E-state index is 12.0. The molecule has 122 valence electrons. The van der Waals surface area contributed by atoms with Crippen LogP contribution in [0, 0.1) is 0 Å². The van der Waals surface area contributed by atoms with E-state index in [9.17, 15) is 18.0 Å². The fourth-order valence-electron chi connectivity index (χ4n) is 1.60. The standard InChI is InChI=1S/C15H12F3NO4/c1-21-11-4-2-3-5-12(11)23-14(20)10-6-7-13(19-8-10)22-9-15(16,17)18/h2-8H,9H2,1H3. The van der Waals surface area contributed by atoms with E-state index in [2.05, 4.69) is 9.72 Å². The Hall–Kier alpha value is -2.77. The van der Waals surface area contributed by atoms with Gasteiger partial charge in [-0.3, -0.25) is 0 Å². The van der Waals surface area contributed by atoms with E-state index in [1.165, 1.54) is 13.2 Å². The van der Waals surface area contributed by atoms with Crippen LogP contribution < -0.4 is 14.2 Å². The number of hydrogen-bond acceptors (Lipinski definition) is 5. The molecule has 2 rings (SSSR count). The van der Waals surface area contributed by atoms with Crippen LogP contribution in [0.4, 0.5) is 13.2 Å². The van der Waals surface area contributed by atoms with Crippen LogP contribution in [0.5, 0.6) is 17.4 Å². The van der Waals surface area contributed by atoms with Gasteiger partial charge in [-0.1, -0.05) is 12.1 Å². The van der Waals surface area contributed by atoms with Gasteiger partial charge in [0.2, 0.25) is 5.88 Å². The molecule has 2 aromatic rings. The summed E-state index contributed by atoms with van der Waals surface area (Å²) in [5, 5.41) is 0. The summed E-state index contributed by atoms with van der Waals surface area (Å²) < 4.78 is 50.7. The summed E-state index contributed by atoms with van der Waals surface area (Å²) in [5.74, 6) is -0.364. The number of alkyl halides is 3. The van der Waals surface area contributed by atoms with Crippen LogP contribution in [0.2, 0.25) is 0 Å². The monoisotopic (exact) mass is 327 g/mol. The average Bonchev–Trinajstić information content (AvgIpc) is 2.53. The van der Waals surface area contributed by atoms with E-state index in [1.807, 2.05) is 0 Å². The van der Waals surface area contributed by atoms with Crippen molar-refractivity contribution in [3.63, 3.8) is 0 Å². The highest BCUT2D eigenvalue weighted by molar-refractivity contribution is 5.91. The van der Waals surface area contributed by atoms with Gasteiger partial charge in [-0.2, -0.15) is 13.2 Å². The first-order chi connectivity index (χ1) is 10.9. The Balaban J connectivity index is 2.03. The van der Waals surface area contributed by atoms with Gasteiger partial charge in [-0.05, 0) is 18.2 Å². The molecule has 1 aromatic carbocycles. The van der Waals surface area contributed by atoms with E-state index in [1.54, 1.807) is 24.3 Å². The lowest BCUT2D eigenvalue weighted by Gasteiger charge is -2.10. The van der Waals surface area contributed by atoms with Crippen molar-refractivity contribution < 1.29 is 32.2 Å². The number of ether oxygens (including phenoxy) is 3. The minimum atomic E-state index is -4.46. The van der Waals surface area contributed by atoms with Crippen LogP contribution in [0.25, 0.3) is 0 Å². The fraction of sp³-hybridized carbons (Fsp3) is 0.200. The molecule has 8 heteroatoms. The van der Waals surface area contributed by atoms with E-state index in [4.69, 9.17) is 9.47 Å². The van der Waals surface area contributed by atoms with E-state index < -0.39 is 18.8 Å². The molecule has 23 heavy (non-hydrogen) atoms. The molecular weight excluding hydrogens is 315 g/mol. The highest BCUT2D eigenvalue weighted by Gasteiger charge is 2.28. The number of benzene rings is 1. The van der Waals surface area contributed by atoms with Crippen molar-refractivity contribution in [2.75, 3.05) is 13.7 Å². The first-order valence-corrected chi connectivity index (χ1v) is 6.40. The van der Waals surface area contributed by atoms with E-state index in [0.29, 0.717) is 5.75 Å². The Morgan fingerprint density at radius 2 is 1.83 bits per heavy atom. The second kappa shape index (κ2) is 6.99. The minimum absolute atomic E-state index is 0.0651. The Labute approximate surface area is 129 Å². The normalized spacial score (nSPS) is 11.0. The maximum Gasteiger partial charge on any atom is 0.422 e. The largest absolute Gasteiger partial charge is 0.493 e. The van der Waals surface area contributed by atoms with Crippen molar-refractivity contribution in [3.8, 4) is 17.4 Å². The molecule has 1 heterocycles. The summed E-state index contributed by atoms with van der Waals surface area (Å²) in [6.07, 6.45) is -3.38. The number of esters is 1. The summed E-state index contributed by atoms with van der Waals surface area (Å²) in [6, 6.07) is 8.96. The summed E-state index contributed by atoms with van der Waals surface area (Å²) in [7, 11) is 1.43. The highest BCUT2D eigenvalue weighted by Crippen LogP contribution is 2.26. The third kappa shape index (κ3) is 4.87. The Bertz CT molecular complexity index is 671. The van der Waals surface area contributed by atoms with Crippen LogP contribution in [-0.2, 0) is 0 Å². The molecule has 0 fully saturated rings. The van der Waals surface area contributed by atoms with Crippen LogP contribution in [0.15, 0.2) is 42.6 Å². The lowest BCUT2D eigenvalue weighted by atomic mass is 10.3. The number of carbonyl (C=O) groups excluding carboxylic acids is 1. The Morgan fingerprint density at radius 3 is 2.39 bits per heavy atom. The van der Waals surface area contributed by atoms with Gasteiger partial charge in [-0.25, -0.2) is 9.78 Å². The predicted octanol–water partition coefficient (Wildman–Crippen LogP) is 3.25. The van der Waals surface area contributed by atoms with Crippen molar-refractivity contribution >= 4 is 5.97 Å². The molecule has 0 unspecified atom stereocenters. The molecule has 0 bridgehead atoms. The summed E-state index contributed by atoms with van der Waals surface area (Å²) in [5.41, 5.74) is 0.0651. The number of rotatable bonds is 5. The quantitative estimate of drug-likeness (QED) is 0.623. The van der Waals surface area contributed by atoms with Gasteiger partial charge in [0.15, 0.2) is 18.1 Å². The van der Waals surface area contributed by atoms with Crippen molar-refractivity contribution in [1.82, 2.24) is 4.98 Å². The third-order valence-corrected chi connectivity index (χ3v) is 2.63. The third-order valence-electron chi connectivity index (χ3n) is 2.63. The number of aromatic nitrogens is 1. The molecule has 1 aromatic heterocycles. The first-order valence-electron chi connectivity index (χ1n) is 6.40. The summed E-state index contributed by atoms with van der Waals surface area (Å²) in [4.78, 5) is 15.6. The lowest BCUT2D eigenvalue weighted by molar-refractivity contribution is -0.154. The number of para-hydroxylation sites is 2. The topological polar surface area (TPSA) is 57.7 Å². The molecule has 5 nitrogen and oxygen atoms in total. The number of carbonyl (C=O) groups is 1. The van der Waals surface area contributed by atoms with Crippen LogP contribution in [-0.4, -0.2) is 30.8 Å². The van der Waals surface area contributed by atoms with Crippen molar-refractivity contribution in [2.45, 2.75) is 6.18 Å². The zero-order valence-electron chi connectivity index (χ0n) is 12.0. The minimum Gasteiger partial charge on any atom is -0.493 e. The van der Waals surface area contributed by atoms with Crippen LogP contribution in [0.3, 0.4) is 0 Å². The zero-order chi connectivity index (χ0) is 16.9. The van der Waals surface area contributed by atoms with Crippen molar-refractivity contribution in [2.24, 2.45) is 0 Å². The van der Waals surface area contributed by atoms with Crippen LogP contribution in [0.1, 0.15) is 10.4 Å². The average molecular weight is 327 g/mol. The zero-order valence-corrected chi connectivity index (χ0v) is 12.0. The fourth-order valence-corrected chi connectivity index (χ4v) is 1.60. The van der Waals surface area contributed by atoms with Gasteiger partial charge < -0.3 is 14.2 Å². The second-order valence-corrected chi connectivity index (χ2v) is 4.33. The predicted molar refractivity (Wildman–Crippen MR) is 73.7 cm³/mol. The molecule has 0 aliphatic carbocycles. The Kier molecular flexibility index (Phi) is 5.05. The maximum atomic E-state index is 12.0. The van der Waals surface area contributed by atoms with Gasteiger partial charge in [0.25, 0.3) is 0 Å². The van der Waals surface area contributed by atoms with Gasteiger partial charge >= 0.3 is 12.1 Å². The van der Waals surface area contributed by atoms with E-state index >= 15 is 0 Å². The van der Waals surface area contributed by atoms with E-state index in [0.717, 1.165) is 12.3 Å². The SMILES string of the molecule is COc1ccccc1OC(=O)c1ccc(OCC(F)(F)F)nc1. The highest BCUT2D eigenvalue weighted by atomic mass is 19.4. The number of halogens is 3. The molecule has 0 saturated carbocycles. The molecule has 0 amide bonds. The smallest absolute Gasteiger partial charge is 0.422 e. The van der Waals surface area contributed by atoms with Gasteiger partial charge in [0.05, 0.1) is 12.7 Å². The van der Waals surface area contributed by atoms with Crippen LogP contribution >= 0.6 is 0 Å². The molecule has 0 aliphatic heterocycles. The molecular formula is C15H12F3NO4. The number of nitrogens with zero attached hydrogens (tertiary/aromatic N) is 1. The molecule has 0 aliphatic rings. The molecule has 0 spiro atoms. The van der Waals surface area contributed by atoms with Gasteiger partial charge in [-0.15, -0.1) is 0 Å². The number of hydrogen-bond donors (Lipinski definition) is 0. The summed E-state index contributed by atoms with van der Waals surface area (Å²) >= 11 is 0. The van der Waals surface area contributed by atoms with Gasteiger partial charge in [0, 0.05) is 12.3 Å². The molecule has 0 saturated heterocycles. The van der Waals surface area contributed by atoms with Gasteiger partial charge in [0.1, 0.15) is 0 Å². The van der Waals surface area contributed by atoms with Crippen molar-refractivity contribution in [3.05, 3.63) is 48.2 Å². The summed E-state index contributed by atoms with van der Waals surface area (Å²) in [6.45, 7) is -1.45. The van der Waals surface area contributed by atoms with Crippen molar-refractivity contribution in [1.29, 1.82) is 0 Å². The molecule has 0 radical (unpaired) electrons. The number of methoxy groups -OCH3 is 1. The molecule has 0 atom stereocenters.